The Morgan fingerprint density at radius 1 is 1.18 bits per heavy atom. The number of hydrogen-bond donors (Lipinski definition) is 2. The maximum Gasteiger partial charge on any atom is 0.277 e. The number of pyridine rings is 1. The van der Waals surface area contributed by atoms with Crippen LogP contribution in [0.5, 0.6) is 0 Å². The van der Waals surface area contributed by atoms with Gasteiger partial charge in [0.1, 0.15) is 5.39 Å². The molecule has 0 radical (unpaired) electrons. The van der Waals surface area contributed by atoms with Crippen LogP contribution in [-0.4, -0.2) is 14.8 Å². The number of aromatic nitrogens is 3. The minimum Gasteiger partial charge on any atom is -0.321 e. The summed E-state index contributed by atoms with van der Waals surface area (Å²) in [6, 6.07) is 5.22. The van der Waals surface area contributed by atoms with Gasteiger partial charge in [-0.05, 0) is 12.1 Å². The average molecular weight is 250 g/mol. The molecule has 1 aromatic carbocycles. The third-order valence-electron chi connectivity index (χ3n) is 2.79. The first-order chi connectivity index (χ1) is 8.09. The molecule has 0 fully saturated rings. The summed E-state index contributed by atoms with van der Waals surface area (Å²) in [6.45, 7) is 0. The van der Waals surface area contributed by atoms with Gasteiger partial charge in [0, 0.05) is 12.4 Å². The lowest BCUT2D eigenvalue weighted by molar-refractivity contribution is 0.785. The van der Waals surface area contributed by atoms with Crippen LogP contribution in [0.15, 0.2) is 27.8 Å². The molecule has 0 bridgehead atoms. The molecule has 2 heterocycles. The molecule has 0 unspecified atom stereocenters. The molecular formula is C11H8ClN3O2. The summed E-state index contributed by atoms with van der Waals surface area (Å²) in [5.41, 5.74) is 0.325. The van der Waals surface area contributed by atoms with Gasteiger partial charge in [-0.15, -0.1) is 0 Å². The topological polar surface area (TPSA) is 70.7 Å². The van der Waals surface area contributed by atoms with Gasteiger partial charge >= 0.3 is 0 Å². The van der Waals surface area contributed by atoms with Crippen LogP contribution >= 0.6 is 11.6 Å². The summed E-state index contributed by atoms with van der Waals surface area (Å²) in [4.78, 5) is 26.1. The first kappa shape index (κ1) is 10.2. The van der Waals surface area contributed by atoms with E-state index in [1.807, 2.05) is 0 Å². The van der Waals surface area contributed by atoms with Crippen LogP contribution in [0.1, 0.15) is 0 Å². The van der Waals surface area contributed by atoms with Gasteiger partial charge in [-0.1, -0.05) is 17.7 Å². The SMILES string of the molecule is Cn1[nH]c(=O)c2c(=O)[nH]c3cccc(Cl)c3c21. The van der Waals surface area contributed by atoms with Gasteiger partial charge in [-0.25, -0.2) is 0 Å². The Morgan fingerprint density at radius 2 is 1.94 bits per heavy atom. The largest absolute Gasteiger partial charge is 0.321 e. The van der Waals surface area contributed by atoms with Crippen LogP contribution in [0.4, 0.5) is 0 Å². The Morgan fingerprint density at radius 3 is 2.71 bits per heavy atom. The van der Waals surface area contributed by atoms with Crippen LogP contribution in [0.2, 0.25) is 5.02 Å². The standard InChI is InChI=1S/C11H8ClN3O2/c1-15-9-7-5(12)3-2-4-6(7)13-10(16)8(9)11(17)14-15/h2-4H,1H3,(H,13,16)(H,14,17). The first-order valence-electron chi connectivity index (χ1n) is 4.99. The van der Waals surface area contributed by atoms with Crippen molar-refractivity contribution >= 4 is 33.4 Å². The number of fused-ring (bicyclic) bond motifs is 3. The van der Waals surface area contributed by atoms with Crippen molar-refractivity contribution < 1.29 is 0 Å². The number of aryl methyl sites for hydroxylation is 1. The highest BCUT2D eigenvalue weighted by atomic mass is 35.5. The van der Waals surface area contributed by atoms with E-state index in [1.54, 1.807) is 25.2 Å². The lowest BCUT2D eigenvalue weighted by atomic mass is 10.1. The second-order valence-electron chi connectivity index (χ2n) is 3.84. The normalized spacial score (nSPS) is 11.4. The van der Waals surface area contributed by atoms with Crippen molar-refractivity contribution in [3.05, 3.63) is 43.9 Å². The predicted octanol–water partition coefficient (Wildman–Crippen LogP) is 1.36. The number of nitrogens with zero attached hydrogens (tertiary/aromatic N) is 1. The summed E-state index contributed by atoms with van der Waals surface area (Å²) in [6.07, 6.45) is 0. The molecule has 0 aliphatic rings. The minimum atomic E-state index is -0.412. The van der Waals surface area contributed by atoms with Crippen molar-refractivity contribution in [3.63, 3.8) is 0 Å². The highest BCUT2D eigenvalue weighted by Gasteiger charge is 2.14. The molecular weight excluding hydrogens is 242 g/mol. The molecule has 0 saturated heterocycles. The fourth-order valence-electron chi connectivity index (χ4n) is 2.10. The van der Waals surface area contributed by atoms with Gasteiger partial charge in [0.2, 0.25) is 0 Å². The second-order valence-corrected chi connectivity index (χ2v) is 4.25. The average Bonchev–Trinajstić information content (AvgIpc) is 2.55. The number of H-pyrrole nitrogens is 2. The predicted molar refractivity (Wildman–Crippen MR) is 66.7 cm³/mol. The third-order valence-corrected chi connectivity index (χ3v) is 3.11. The molecule has 17 heavy (non-hydrogen) atoms. The molecule has 0 spiro atoms. The Balaban J connectivity index is 2.82. The van der Waals surface area contributed by atoms with Crippen LogP contribution < -0.4 is 11.1 Å². The number of rotatable bonds is 0. The van der Waals surface area contributed by atoms with Crippen LogP contribution in [-0.2, 0) is 7.05 Å². The number of aromatic amines is 2. The molecule has 0 atom stereocenters. The molecule has 0 saturated carbocycles. The minimum absolute atomic E-state index is 0.105. The monoisotopic (exact) mass is 249 g/mol. The first-order valence-corrected chi connectivity index (χ1v) is 5.36. The quantitative estimate of drug-likeness (QED) is 0.632. The molecule has 5 nitrogen and oxygen atoms in total. The van der Waals surface area contributed by atoms with Crippen molar-refractivity contribution in [2.45, 2.75) is 0 Å². The molecule has 86 valence electrons. The Hall–Kier alpha value is -2.01. The van der Waals surface area contributed by atoms with Gasteiger partial charge in [-0.3, -0.25) is 19.4 Å². The fraction of sp³-hybridized carbons (Fsp3) is 0.0909. The van der Waals surface area contributed by atoms with E-state index in [1.165, 1.54) is 4.68 Å². The van der Waals surface area contributed by atoms with Crippen LogP contribution in [0.3, 0.4) is 0 Å². The van der Waals surface area contributed by atoms with E-state index in [4.69, 9.17) is 11.6 Å². The van der Waals surface area contributed by atoms with E-state index in [0.717, 1.165) is 0 Å². The smallest absolute Gasteiger partial charge is 0.277 e. The molecule has 0 aliphatic heterocycles. The van der Waals surface area contributed by atoms with Gasteiger partial charge < -0.3 is 4.98 Å². The molecule has 2 aromatic heterocycles. The van der Waals surface area contributed by atoms with Gasteiger partial charge in [-0.2, -0.15) is 0 Å². The van der Waals surface area contributed by atoms with Crippen molar-refractivity contribution in [3.8, 4) is 0 Å². The summed E-state index contributed by atoms with van der Waals surface area (Å²) < 4.78 is 1.52. The summed E-state index contributed by atoms with van der Waals surface area (Å²) in [7, 11) is 1.67. The molecule has 0 aliphatic carbocycles. The van der Waals surface area contributed by atoms with Crippen LogP contribution in [0.25, 0.3) is 21.8 Å². The van der Waals surface area contributed by atoms with E-state index >= 15 is 0 Å². The number of halogens is 1. The zero-order chi connectivity index (χ0) is 12.2. The zero-order valence-corrected chi connectivity index (χ0v) is 9.63. The molecule has 6 heteroatoms. The maximum absolute atomic E-state index is 11.8. The van der Waals surface area contributed by atoms with Crippen molar-refractivity contribution in [2.24, 2.45) is 7.05 Å². The number of benzene rings is 1. The highest BCUT2D eigenvalue weighted by molar-refractivity contribution is 6.37. The Bertz CT molecular complexity index is 857. The lowest BCUT2D eigenvalue weighted by Gasteiger charge is -2.03. The van der Waals surface area contributed by atoms with Crippen molar-refractivity contribution in [1.29, 1.82) is 0 Å². The summed E-state index contributed by atoms with van der Waals surface area (Å²) in [5.74, 6) is 0. The number of hydrogen-bond acceptors (Lipinski definition) is 2. The van der Waals surface area contributed by atoms with Gasteiger partial charge in [0.15, 0.2) is 0 Å². The van der Waals surface area contributed by atoms with E-state index in [2.05, 4.69) is 10.1 Å². The molecule has 3 rings (SSSR count). The fourth-order valence-corrected chi connectivity index (χ4v) is 2.36. The maximum atomic E-state index is 11.8. The molecule has 3 aromatic rings. The van der Waals surface area contributed by atoms with Crippen molar-refractivity contribution in [1.82, 2.24) is 14.8 Å². The van der Waals surface area contributed by atoms with E-state index in [0.29, 0.717) is 21.4 Å². The zero-order valence-electron chi connectivity index (χ0n) is 8.87. The van der Waals surface area contributed by atoms with E-state index < -0.39 is 11.1 Å². The van der Waals surface area contributed by atoms with Gasteiger partial charge in [0.25, 0.3) is 11.1 Å². The lowest BCUT2D eigenvalue weighted by Crippen LogP contribution is -2.13. The highest BCUT2D eigenvalue weighted by Crippen LogP contribution is 2.26. The Kier molecular flexibility index (Phi) is 1.94. The summed E-state index contributed by atoms with van der Waals surface area (Å²) >= 11 is 6.12. The summed E-state index contributed by atoms with van der Waals surface area (Å²) in [5, 5.41) is 3.83. The molecule has 0 amide bonds. The van der Waals surface area contributed by atoms with Gasteiger partial charge in [0.05, 0.1) is 16.1 Å². The van der Waals surface area contributed by atoms with Crippen LogP contribution in [0, 0.1) is 0 Å². The molecule has 2 N–H and O–H groups in total. The van der Waals surface area contributed by atoms with E-state index in [9.17, 15) is 9.59 Å². The second kappa shape index (κ2) is 3.24. The number of nitrogens with one attached hydrogen (secondary N) is 2. The van der Waals surface area contributed by atoms with Crippen molar-refractivity contribution in [2.75, 3.05) is 0 Å². The van der Waals surface area contributed by atoms with E-state index in [-0.39, 0.29) is 5.39 Å². The third kappa shape index (κ3) is 1.26. The Labute approximate surface area is 99.6 Å².